The van der Waals surface area contributed by atoms with Crippen molar-refractivity contribution in [3.63, 3.8) is 0 Å². The van der Waals surface area contributed by atoms with Crippen molar-refractivity contribution in [1.29, 1.82) is 0 Å². The third-order valence-corrected chi connectivity index (χ3v) is 5.02. The van der Waals surface area contributed by atoms with Crippen LogP contribution in [-0.2, 0) is 11.2 Å². The van der Waals surface area contributed by atoms with Crippen LogP contribution >= 0.6 is 11.6 Å². The maximum Gasteiger partial charge on any atom is 0.0697 e. The zero-order valence-corrected chi connectivity index (χ0v) is 12.8. The van der Waals surface area contributed by atoms with Gasteiger partial charge in [0.05, 0.1) is 5.60 Å². The van der Waals surface area contributed by atoms with Crippen LogP contribution in [0.25, 0.3) is 0 Å². The van der Waals surface area contributed by atoms with Gasteiger partial charge >= 0.3 is 0 Å². The van der Waals surface area contributed by atoms with Gasteiger partial charge in [0.25, 0.3) is 0 Å². The second-order valence-electron chi connectivity index (χ2n) is 6.26. The fraction of sp³-hybridized carbons (Fsp3) is 0.647. The molecule has 3 rings (SSSR count). The Morgan fingerprint density at radius 2 is 1.95 bits per heavy atom. The predicted octanol–water partition coefficient (Wildman–Crippen LogP) is 3.96. The van der Waals surface area contributed by atoms with Gasteiger partial charge < -0.3 is 10.1 Å². The number of benzene rings is 1. The van der Waals surface area contributed by atoms with E-state index < -0.39 is 0 Å². The molecule has 1 heterocycles. The molecule has 1 aromatic carbocycles. The first kappa shape index (κ1) is 14.4. The lowest BCUT2D eigenvalue weighted by Crippen LogP contribution is -2.46. The van der Waals surface area contributed by atoms with Crippen molar-refractivity contribution in [3.05, 3.63) is 34.9 Å². The third-order valence-electron chi connectivity index (χ3n) is 4.77. The average molecular weight is 294 g/mol. The summed E-state index contributed by atoms with van der Waals surface area (Å²) in [4.78, 5) is 0. The molecule has 2 nitrogen and oxygen atoms in total. The summed E-state index contributed by atoms with van der Waals surface area (Å²) < 4.78 is 6.08. The third kappa shape index (κ3) is 3.55. The lowest BCUT2D eigenvalue weighted by molar-refractivity contribution is -0.0834. The van der Waals surface area contributed by atoms with Crippen molar-refractivity contribution in [2.45, 2.75) is 56.6 Å². The SMILES string of the molecule is Clc1ccc(CCNC2CCOC3(CCCC3)C2)cc1. The molecule has 2 fully saturated rings. The second-order valence-corrected chi connectivity index (χ2v) is 6.70. The number of rotatable bonds is 4. The van der Waals surface area contributed by atoms with Crippen LogP contribution in [0.4, 0.5) is 0 Å². The van der Waals surface area contributed by atoms with E-state index >= 15 is 0 Å². The Bertz CT molecular complexity index is 425. The molecule has 1 aromatic rings. The molecular weight excluding hydrogens is 270 g/mol. The molecule has 20 heavy (non-hydrogen) atoms. The molecule has 1 atom stereocenters. The molecule has 3 heteroatoms. The molecule has 1 spiro atoms. The fourth-order valence-electron chi connectivity index (χ4n) is 3.64. The van der Waals surface area contributed by atoms with Crippen molar-refractivity contribution in [2.24, 2.45) is 0 Å². The molecule has 0 aromatic heterocycles. The highest BCUT2D eigenvalue weighted by atomic mass is 35.5. The molecule has 1 aliphatic heterocycles. The van der Waals surface area contributed by atoms with Crippen molar-refractivity contribution in [1.82, 2.24) is 5.32 Å². The Morgan fingerprint density at radius 3 is 2.70 bits per heavy atom. The number of hydrogen-bond acceptors (Lipinski definition) is 2. The number of ether oxygens (including phenoxy) is 1. The number of nitrogens with one attached hydrogen (secondary N) is 1. The Hall–Kier alpha value is -0.570. The van der Waals surface area contributed by atoms with Gasteiger partial charge in [-0.05, 0) is 56.3 Å². The monoisotopic (exact) mass is 293 g/mol. The highest BCUT2D eigenvalue weighted by Gasteiger charge is 2.39. The van der Waals surface area contributed by atoms with Crippen LogP contribution < -0.4 is 5.32 Å². The molecule has 1 unspecified atom stereocenters. The first-order valence-corrected chi connectivity index (χ1v) is 8.25. The molecule has 0 bridgehead atoms. The Kier molecular flexibility index (Phi) is 4.65. The zero-order chi connectivity index (χ0) is 13.8. The molecule has 0 amide bonds. The van der Waals surface area contributed by atoms with Crippen molar-refractivity contribution in [3.8, 4) is 0 Å². The van der Waals surface area contributed by atoms with E-state index in [1.165, 1.54) is 37.7 Å². The summed E-state index contributed by atoms with van der Waals surface area (Å²) in [6, 6.07) is 8.81. The van der Waals surface area contributed by atoms with Crippen LogP contribution in [0.3, 0.4) is 0 Å². The minimum Gasteiger partial charge on any atom is -0.375 e. The first-order valence-electron chi connectivity index (χ1n) is 7.88. The lowest BCUT2D eigenvalue weighted by atomic mass is 9.89. The van der Waals surface area contributed by atoms with E-state index in [1.807, 2.05) is 12.1 Å². The van der Waals surface area contributed by atoms with E-state index in [4.69, 9.17) is 16.3 Å². The Morgan fingerprint density at radius 1 is 1.20 bits per heavy atom. The minimum absolute atomic E-state index is 0.218. The zero-order valence-electron chi connectivity index (χ0n) is 12.0. The van der Waals surface area contributed by atoms with Crippen LogP contribution in [0.2, 0.25) is 5.02 Å². The second kappa shape index (κ2) is 6.46. The van der Waals surface area contributed by atoms with E-state index in [0.29, 0.717) is 6.04 Å². The van der Waals surface area contributed by atoms with Crippen LogP contribution in [-0.4, -0.2) is 24.8 Å². The van der Waals surface area contributed by atoms with Gasteiger partial charge in [-0.2, -0.15) is 0 Å². The molecule has 0 radical (unpaired) electrons. The highest BCUT2D eigenvalue weighted by molar-refractivity contribution is 6.30. The van der Waals surface area contributed by atoms with E-state index in [1.54, 1.807) is 0 Å². The van der Waals surface area contributed by atoms with E-state index in [0.717, 1.165) is 31.0 Å². The minimum atomic E-state index is 0.218. The number of hydrogen-bond donors (Lipinski definition) is 1. The summed E-state index contributed by atoms with van der Waals surface area (Å²) in [6.07, 6.45) is 8.65. The summed E-state index contributed by atoms with van der Waals surface area (Å²) in [7, 11) is 0. The summed E-state index contributed by atoms with van der Waals surface area (Å²) in [5.74, 6) is 0. The molecule has 1 N–H and O–H groups in total. The number of halogens is 1. The summed E-state index contributed by atoms with van der Waals surface area (Å²) in [5.41, 5.74) is 1.57. The average Bonchev–Trinajstić information content (AvgIpc) is 2.89. The molecular formula is C17H24ClNO. The van der Waals surface area contributed by atoms with Gasteiger partial charge in [0.2, 0.25) is 0 Å². The van der Waals surface area contributed by atoms with E-state index in [2.05, 4.69) is 17.4 Å². The Labute approximate surface area is 126 Å². The molecule has 110 valence electrons. The van der Waals surface area contributed by atoms with Gasteiger partial charge in [-0.15, -0.1) is 0 Å². The topological polar surface area (TPSA) is 21.3 Å². The van der Waals surface area contributed by atoms with Gasteiger partial charge in [0.15, 0.2) is 0 Å². The molecule has 1 saturated heterocycles. The van der Waals surface area contributed by atoms with Crippen LogP contribution in [0.1, 0.15) is 44.1 Å². The van der Waals surface area contributed by atoms with Gasteiger partial charge in [-0.1, -0.05) is 36.6 Å². The lowest BCUT2D eigenvalue weighted by Gasteiger charge is -2.38. The van der Waals surface area contributed by atoms with Gasteiger partial charge in [-0.3, -0.25) is 0 Å². The maximum absolute atomic E-state index is 6.08. The van der Waals surface area contributed by atoms with Crippen LogP contribution in [0.15, 0.2) is 24.3 Å². The molecule has 1 aliphatic carbocycles. The van der Waals surface area contributed by atoms with Crippen molar-refractivity contribution >= 4 is 11.6 Å². The highest BCUT2D eigenvalue weighted by Crippen LogP contribution is 2.39. The smallest absolute Gasteiger partial charge is 0.0697 e. The maximum atomic E-state index is 6.08. The van der Waals surface area contributed by atoms with Gasteiger partial charge in [0, 0.05) is 17.7 Å². The Balaban J connectivity index is 1.45. The molecule has 1 saturated carbocycles. The van der Waals surface area contributed by atoms with Crippen LogP contribution in [0.5, 0.6) is 0 Å². The van der Waals surface area contributed by atoms with E-state index in [-0.39, 0.29) is 5.60 Å². The summed E-state index contributed by atoms with van der Waals surface area (Å²) >= 11 is 5.91. The fourth-order valence-corrected chi connectivity index (χ4v) is 3.77. The normalized spacial score (nSPS) is 25.1. The van der Waals surface area contributed by atoms with Crippen molar-refractivity contribution < 1.29 is 4.74 Å². The summed E-state index contributed by atoms with van der Waals surface area (Å²) in [6.45, 7) is 1.97. The quantitative estimate of drug-likeness (QED) is 0.907. The predicted molar refractivity (Wildman–Crippen MR) is 83.3 cm³/mol. The van der Waals surface area contributed by atoms with Crippen molar-refractivity contribution in [2.75, 3.05) is 13.2 Å². The van der Waals surface area contributed by atoms with Crippen LogP contribution in [0, 0.1) is 0 Å². The standard InChI is InChI=1S/C17H24ClNO/c18-15-5-3-14(4-6-15)7-11-19-16-8-12-20-17(13-16)9-1-2-10-17/h3-6,16,19H,1-2,7-13H2. The first-order chi connectivity index (χ1) is 9.76. The molecule has 2 aliphatic rings. The largest absolute Gasteiger partial charge is 0.375 e. The van der Waals surface area contributed by atoms with E-state index in [9.17, 15) is 0 Å². The van der Waals surface area contributed by atoms with Gasteiger partial charge in [-0.25, -0.2) is 0 Å². The van der Waals surface area contributed by atoms with Gasteiger partial charge in [0.1, 0.15) is 0 Å². The summed E-state index contributed by atoms with van der Waals surface area (Å²) in [5, 5.41) is 4.54.